The number of fused-ring (bicyclic) bond motifs is 25. The Balaban J connectivity index is 0.000000110. The standard InChI is InChI=1S/C19H31Cl.C19H31N3.C19H33N.C19H30O2.C19H32O.ClH.H3N/c1-18-9-3-4-16(18)15-6-5-13-12-14(20)7-11-19(13,2)17(15)8-10-18;1-18-9-3-4-16(18)15-6-5-13-12-14(21-22-20)7-11-19(13,2)17(15)8-10-18;1-18-9-3-4-16(18)15-6-5-13-12-14(20)7-11-19(13,2)17(15)8-10-18;1-18-9-7-13(20)11-12(18)3-4-14-15-5-6-17(21)19(15,2)10-8-16(14)18;1-18-9-3-4-16(18)15-6-5-13-12-14(20)7-11-19(13,2)17(15)8-10-18;;/h13-17H,3-12H2,1-2H3;13-17H,3-12H2,1-2H3;13-17H,3-12,20H2,1-2H3;12-16,20H,3-11H2,1-2H3;13-17,20H,3-12H2,1-2H3;1H;1H3/t3*13-,14+,15-,16-,17-,18-,19-;12-,13-,14-,15-,16-,18-,19-;13-,14-,15-,16-,17-,18-,19-;;/m00000../s1. The molecule has 0 bridgehead atoms. The maximum Gasteiger partial charge on any atom is 0.139 e. The van der Waals surface area contributed by atoms with E-state index in [1.807, 2.05) is 0 Å². The number of azide groups is 1. The Morgan fingerprint density at radius 3 is 1.08 bits per heavy atom. The van der Waals surface area contributed by atoms with Gasteiger partial charge in [-0.25, -0.2) is 0 Å². The van der Waals surface area contributed by atoms with Crippen LogP contribution in [0.25, 0.3) is 10.4 Å². The largest absolute Gasteiger partial charge is 0.393 e. The molecule has 0 aromatic carbocycles. The predicted molar refractivity (Wildman–Crippen MR) is 437 cm³/mol. The molecule has 0 aliphatic heterocycles. The summed E-state index contributed by atoms with van der Waals surface area (Å²) >= 11 is 6.48. The lowest BCUT2D eigenvalue weighted by atomic mass is 9.45. The molecule has 0 aromatic heterocycles. The molecule has 0 amide bonds. The van der Waals surface area contributed by atoms with Crippen molar-refractivity contribution in [1.29, 1.82) is 0 Å². The summed E-state index contributed by atoms with van der Waals surface area (Å²) in [5.41, 5.74) is 20.7. The predicted octanol–water partition coefficient (Wildman–Crippen LogP) is 26.2. The molecule has 8 nitrogen and oxygen atoms in total. The lowest BCUT2D eigenvalue weighted by molar-refractivity contribution is -0.142. The molecule has 0 heterocycles. The SMILES string of the molecule is C[C@@]12CCC[C@H]1[C@@H]1CC[C@H]3C[C@@H](O)CC[C@]3(C)[C@H]1CC2.C[C@@]12CCC[C@H]1[C@@H]1CC[C@H]3C[C@H](Cl)CC[C@]3(C)[C@H]1CC2.C[C@@]12CCC[C@H]1[C@@H]1CC[C@H]3C[C@H](N)CC[C@]3(C)[C@H]1CC2.C[C@@]12CCC[C@H]1[C@@H]1CC[C@H]3C[C@H](N=[N+]=[N-])CC[C@]3(C)[C@H]1CC2.C[C@]12CC[C@H](O)C[C@@H]1CC[C@@H]1[C@@H]2CC[C@]2(C)C(=O)CC[C@@H]12.Cl.N. The fourth-order valence-electron chi connectivity index (χ4n) is 36.1. The molecule has 0 spiro atoms. The minimum atomic E-state index is -0.0541. The number of carbonyl (C=O) groups is 1. The second-order valence-electron chi connectivity index (χ2n) is 45.9. The van der Waals surface area contributed by atoms with Crippen LogP contribution in [0.15, 0.2) is 5.11 Å². The van der Waals surface area contributed by atoms with Crippen LogP contribution in [-0.4, -0.2) is 45.7 Å². The van der Waals surface area contributed by atoms with E-state index in [0.717, 1.165) is 176 Å². The number of hydrogen-bond acceptors (Lipinski definition) is 6. The van der Waals surface area contributed by atoms with Crippen LogP contribution in [0.2, 0.25) is 0 Å². The molecule has 7 N–H and O–H groups in total. The molecule has 20 rings (SSSR count). The summed E-state index contributed by atoms with van der Waals surface area (Å²) in [6.07, 6.45) is 67.1. The highest BCUT2D eigenvalue weighted by molar-refractivity contribution is 6.20. The quantitative estimate of drug-likeness (QED) is 0.0886. The average molecular weight is 1490 g/mol. The highest BCUT2D eigenvalue weighted by Crippen LogP contribution is 2.73. The Labute approximate surface area is 654 Å². The normalized spacial score (nSPS) is 56.1. The van der Waals surface area contributed by atoms with Gasteiger partial charge in [-0.3, -0.25) is 4.79 Å². The number of hydrogen-bond donors (Lipinski definition) is 4. The van der Waals surface area contributed by atoms with Crippen molar-refractivity contribution in [3.05, 3.63) is 10.4 Å². The lowest BCUT2D eigenvalue weighted by Gasteiger charge is -2.60. The summed E-state index contributed by atoms with van der Waals surface area (Å²) in [5, 5.41) is 24.6. The van der Waals surface area contributed by atoms with E-state index in [0.29, 0.717) is 66.4 Å². The number of carbonyl (C=O) groups excluding carboxylic acids is 1. The lowest BCUT2D eigenvalue weighted by Crippen LogP contribution is -2.54. The number of ketones is 1. The van der Waals surface area contributed by atoms with Crippen LogP contribution in [0.3, 0.4) is 0 Å². The number of aliphatic hydroxyl groups excluding tert-OH is 2. The van der Waals surface area contributed by atoms with Crippen molar-refractivity contribution >= 4 is 29.8 Å². The van der Waals surface area contributed by atoms with E-state index in [-0.39, 0.29) is 42.2 Å². The zero-order valence-corrected chi connectivity index (χ0v) is 70.9. The molecular formula is C95H161Cl2N5O3. The third-order valence-corrected chi connectivity index (χ3v) is 42.7. The molecule has 20 fully saturated rings. The summed E-state index contributed by atoms with van der Waals surface area (Å²) in [6.45, 7) is 25.7. The van der Waals surface area contributed by atoms with Crippen LogP contribution in [-0.2, 0) is 4.79 Å². The minimum absolute atomic E-state index is 0. The second kappa shape index (κ2) is 30.5. The van der Waals surface area contributed by atoms with Gasteiger partial charge in [0, 0.05) is 34.2 Å². The summed E-state index contributed by atoms with van der Waals surface area (Å²) in [5.74, 6) is 19.3. The summed E-state index contributed by atoms with van der Waals surface area (Å²) in [4.78, 5) is 15.5. The number of nitrogens with two attached hydrogens (primary N) is 1. The fourth-order valence-corrected chi connectivity index (χ4v) is 36.4. The summed E-state index contributed by atoms with van der Waals surface area (Å²) in [6, 6.07) is 0.782. The number of nitrogens with zero attached hydrogens (tertiary/aromatic N) is 3. The highest BCUT2D eigenvalue weighted by atomic mass is 35.5. The van der Waals surface area contributed by atoms with E-state index in [4.69, 9.17) is 22.9 Å². The van der Waals surface area contributed by atoms with E-state index >= 15 is 0 Å². The van der Waals surface area contributed by atoms with E-state index < -0.39 is 0 Å². The molecule has 35 atom stereocenters. The van der Waals surface area contributed by atoms with Crippen molar-refractivity contribution in [2.24, 2.45) is 183 Å². The molecule has 0 saturated heterocycles. The van der Waals surface area contributed by atoms with Crippen molar-refractivity contribution in [2.45, 2.75) is 414 Å². The fraction of sp³-hybridized carbons (Fsp3) is 0.989. The molecule has 598 valence electrons. The third kappa shape index (κ3) is 13.9. The van der Waals surface area contributed by atoms with Crippen molar-refractivity contribution in [1.82, 2.24) is 6.15 Å². The minimum Gasteiger partial charge on any atom is -0.393 e. The molecule has 20 saturated carbocycles. The summed E-state index contributed by atoms with van der Waals surface area (Å²) in [7, 11) is 0. The van der Waals surface area contributed by atoms with Gasteiger partial charge in [0.1, 0.15) is 5.78 Å². The van der Waals surface area contributed by atoms with Crippen LogP contribution >= 0.6 is 24.0 Å². The Morgan fingerprint density at radius 2 is 0.686 bits per heavy atom. The monoisotopic (exact) mass is 1490 g/mol. The zero-order chi connectivity index (χ0) is 72.1. The van der Waals surface area contributed by atoms with Gasteiger partial charge in [-0.05, 0) is 455 Å². The molecule has 0 unspecified atom stereocenters. The van der Waals surface area contributed by atoms with Gasteiger partial charge in [0.15, 0.2) is 0 Å². The molecule has 10 heteroatoms. The Kier molecular flexibility index (Phi) is 23.6. The maximum absolute atomic E-state index is 12.4. The molecule has 0 aromatic rings. The van der Waals surface area contributed by atoms with E-state index in [1.165, 1.54) is 257 Å². The first-order valence-corrected chi connectivity index (χ1v) is 46.9. The van der Waals surface area contributed by atoms with Crippen molar-refractivity contribution in [2.75, 3.05) is 0 Å². The van der Waals surface area contributed by atoms with Gasteiger partial charge in [-0.15, -0.1) is 24.0 Å². The van der Waals surface area contributed by atoms with Gasteiger partial charge in [0.2, 0.25) is 0 Å². The van der Waals surface area contributed by atoms with Crippen molar-refractivity contribution < 1.29 is 15.0 Å². The van der Waals surface area contributed by atoms with Gasteiger partial charge in [0.25, 0.3) is 0 Å². The third-order valence-electron chi connectivity index (χ3n) is 42.3. The van der Waals surface area contributed by atoms with Crippen LogP contribution in [0.4, 0.5) is 0 Å². The number of halogens is 2. The van der Waals surface area contributed by atoms with Crippen LogP contribution in [0, 0.1) is 173 Å². The molecule has 105 heavy (non-hydrogen) atoms. The van der Waals surface area contributed by atoms with Crippen LogP contribution in [0.1, 0.15) is 384 Å². The van der Waals surface area contributed by atoms with Gasteiger partial charge in [-0.1, -0.05) is 100 Å². The van der Waals surface area contributed by atoms with Gasteiger partial charge in [0.05, 0.1) is 12.2 Å². The number of aliphatic hydroxyl groups is 2. The first-order chi connectivity index (χ1) is 49.1. The van der Waals surface area contributed by atoms with Crippen LogP contribution < -0.4 is 11.9 Å². The number of alkyl halides is 1. The van der Waals surface area contributed by atoms with E-state index in [9.17, 15) is 15.0 Å². The second-order valence-corrected chi connectivity index (χ2v) is 46.6. The molecule has 20 aliphatic carbocycles. The average Bonchev–Trinajstić information content (AvgIpc) is 1.52. The zero-order valence-electron chi connectivity index (χ0n) is 69.3. The smallest absolute Gasteiger partial charge is 0.139 e. The Bertz CT molecular complexity index is 2890. The summed E-state index contributed by atoms with van der Waals surface area (Å²) < 4.78 is 0. The van der Waals surface area contributed by atoms with Crippen LogP contribution in [0.5, 0.6) is 0 Å². The Morgan fingerprint density at radius 1 is 0.362 bits per heavy atom. The molecular weight excluding hydrogens is 1330 g/mol. The van der Waals surface area contributed by atoms with Gasteiger partial charge in [-0.2, -0.15) is 0 Å². The van der Waals surface area contributed by atoms with E-state index in [1.54, 1.807) is 0 Å². The first-order valence-electron chi connectivity index (χ1n) is 46.4. The maximum atomic E-state index is 12.4. The molecule has 20 aliphatic rings. The topological polar surface area (TPSA) is 167 Å². The van der Waals surface area contributed by atoms with E-state index in [2.05, 4.69) is 79.3 Å². The highest BCUT2D eigenvalue weighted by Gasteiger charge is 2.65. The van der Waals surface area contributed by atoms with Crippen molar-refractivity contribution in [3.8, 4) is 0 Å². The molecule has 0 radical (unpaired) electrons. The number of rotatable bonds is 1. The number of Topliss-reactive ketones (excluding diaryl/α,β-unsaturated/α-hetero) is 1. The first kappa shape index (κ1) is 81.0. The Hall–Kier alpha value is -0.600. The van der Waals surface area contributed by atoms with Crippen molar-refractivity contribution in [3.63, 3.8) is 0 Å². The van der Waals surface area contributed by atoms with Gasteiger partial charge < -0.3 is 22.1 Å². The van der Waals surface area contributed by atoms with Gasteiger partial charge >= 0.3 is 0 Å².